The Hall–Kier alpha value is -1.75. The molecule has 0 bridgehead atoms. The van der Waals surface area contributed by atoms with Crippen LogP contribution in [0, 0.1) is 6.92 Å². The van der Waals surface area contributed by atoms with Crippen molar-refractivity contribution in [2.45, 2.75) is 26.8 Å². The molecule has 1 N–H and O–H groups in total. The summed E-state index contributed by atoms with van der Waals surface area (Å²) in [5.74, 6) is -0.308. The predicted molar refractivity (Wildman–Crippen MR) is 87.3 cm³/mol. The molecule has 0 amide bonds. The van der Waals surface area contributed by atoms with Gasteiger partial charge >= 0.3 is 5.97 Å². The van der Waals surface area contributed by atoms with Crippen LogP contribution in [0.15, 0.2) is 40.5 Å². The molecule has 0 spiro atoms. The Morgan fingerprint density at radius 3 is 2.57 bits per heavy atom. The average molecular weight is 304 g/mol. The van der Waals surface area contributed by atoms with Gasteiger partial charge in [0.25, 0.3) is 0 Å². The van der Waals surface area contributed by atoms with E-state index in [1.165, 1.54) is 17.3 Å². The number of nitrogens with zero attached hydrogens (tertiary/aromatic N) is 1. The van der Waals surface area contributed by atoms with Crippen LogP contribution in [0.5, 0.6) is 0 Å². The van der Waals surface area contributed by atoms with Crippen LogP contribution in [-0.2, 0) is 9.53 Å². The summed E-state index contributed by atoms with van der Waals surface area (Å²) in [5.41, 5.74) is 3.56. The van der Waals surface area contributed by atoms with Gasteiger partial charge in [-0.1, -0.05) is 41.6 Å². The van der Waals surface area contributed by atoms with Crippen LogP contribution in [0.2, 0.25) is 0 Å². The molecule has 0 radical (unpaired) electrons. The minimum atomic E-state index is -0.312. The van der Waals surface area contributed by atoms with E-state index < -0.39 is 0 Å². The molecule has 1 aromatic carbocycles. The van der Waals surface area contributed by atoms with Crippen LogP contribution >= 0.6 is 11.8 Å². The molecule has 1 aromatic rings. The number of carbonyl (C=O) groups is 1. The first-order valence-corrected chi connectivity index (χ1v) is 8.12. The van der Waals surface area contributed by atoms with Gasteiger partial charge in [-0.25, -0.2) is 9.79 Å². The third kappa shape index (κ3) is 3.47. The number of hydrogen-bond acceptors (Lipinski definition) is 5. The molecule has 0 saturated heterocycles. The molecule has 21 heavy (non-hydrogen) atoms. The number of benzene rings is 1. The Labute approximate surface area is 129 Å². The number of amidine groups is 1. The summed E-state index contributed by atoms with van der Waals surface area (Å²) >= 11 is 1.53. The van der Waals surface area contributed by atoms with Crippen molar-refractivity contribution in [1.29, 1.82) is 0 Å². The first-order chi connectivity index (χ1) is 10.1. The average Bonchev–Trinajstić information content (AvgIpc) is 2.47. The number of esters is 1. The van der Waals surface area contributed by atoms with Crippen molar-refractivity contribution >= 4 is 22.9 Å². The highest BCUT2D eigenvalue weighted by molar-refractivity contribution is 8.13. The fourth-order valence-corrected chi connectivity index (χ4v) is 2.68. The van der Waals surface area contributed by atoms with E-state index in [2.05, 4.69) is 10.3 Å². The number of thioether (sulfide) groups is 1. The molecule has 112 valence electrons. The van der Waals surface area contributed by atoms with Gasteiger partial charge in [0.2, 0.25) is 0 Å². The Morgan fingerprint density at radius 1 is 1.33 bits per heavy atom. The number of rotatable bonds is 3. The van der Waals surface area contributed by atoms with Gasteiger partial charge in [-0.3, -0.25) is 0 Å². The summed E-state index contributed by atoms with van der Waals surface area (Å²) in [6.45, 7) is 6.09. The highest BCUT2D eigenvalue weighted by Crippen LogP contribution is 2.32. The van der Waals surface area contributed by atoms with E-state index in [0.29, 0.717) is 12.2 Å². The zero-order chi connectivity index (χ0) is 15.4. The van der Waals surface area contributed by atoms with E-state index in [-0.39, 0.29) is 12.0 Å². The van der Waals surface area contributed by atoms with Crippen LogP contribution in [0.25, 0.3) is 0 Å². The monoisotopic (exact) mass is 304 g/mol. The highest BCUT2D eigenvalue weighted by Gasteiger charge is 2.29. The Kier molecular flexibility index (Phi) is 5.07. The zero-order valence-corrected chi connectivity index (χ0v) is 13.6. The number of carbonyl (C=O) groups excluding carboxylic acids is 1. The number of aryl methyl sites for hydroxylation is 1. The molecule has 1 heterocycles. The molecule has 1 aliphatic rings. The second-order valence-corrected chi connectivity index (χ2v) is 5.63. The predicted octanol–water partition coefficient (Wildman–Crippen LogP) is 3.20. The van der Waals surface area contributed by atoms with Crippen molar-refractivity contribution in [1.82, 2.24) is 5.32 Å². The summed E-state index contributed by atoms with van der Waals surface area (Å²) < 4.78 is 5.18. The first-order valence-electron chi connectivity index (χ1n) is 6.90. The van der Waals surface area contributed by atoms with E-state index in [4.69, 9.17) is 4.74 Å². The molecule has 2 rings (SSSR count). The second kappa shape index (κ2) is 6.80. The van der Waals surface area contributed by atoms with Gasteiger partial charge < -0.3 is 10.1 Å². The van der Waals surface area contributed by atoms with E-state index in [1.807, 2.05) is 51.3 Å². The second-order valence-electron chi connectivity index (χ2n) is 4.84. The molecule has 1 aliphatic heterocycles. The van der Waals surface area contributed by atoms with Gasteiger partial charge in [0.15, 0.2) is 5.17 Å². The van der Waals surface area contributed by atoms with Gasteiger partial charge in [-0.2, -0.15) is 0 Å². The molecule has 5 heteroatoms. The van der Waals surface area contributed by atoms with Gasteiger partial charge in [-0.15, -0.1) is 0 Å². The molecule has 0 fully saturated rings. The van der Waals surface area contributed by atoms with E-state index in [9.17, 15) is 4.79 Å². The van der Waals surface area contributed by atoms with Crippen LogP contribution in [0.1, 0.15) is 31.0 Å². The smallest absolute Gasteiger partial charge is 0.338 e. The van der Waals surface area contributed by atoms with E-state index in [0.717, 1.165) is 16.4 Å². The van der Waals surface area contributed by atoms with Gasteiger partial charge in [-0.05, 0) is 32.6 Å². The van der Waals surface area contributed by atoms with Gasteiger partial charge in [0, 0.05) is 5.70 Å². The van der Waals surface area contributed by atoms with Crippen LogP contribution in [-0.4, -0.2) is 24.0 Å². The third-order valence-corrected chi connectivity index (χ3v) is 3.89. The van der Waals surface area contributed by atoms with Crippen molar-refractivity contribution in [2.75, 3.05) is 12.9 Å². The summed E-state index contributed by atoms with van der Waals surface area (Å²) in [5, 5.41) is 3.97. The Morgan fingerprint density at radius 2 is 2.00 bits per heavy atom. The number of hydrogen-bond donors (Lipinski definition) is 1. The summed E-state index contributed by atoms with van der Waals surface area (Å²) in [6.07, 6.45) is 1.96. The molecule has 1 unspecified atom stereocenters. The Balaban J connectivity index is 2.44. The summed E-state index contributed by atoms with van der Waals surface area (Å²) in [7, 11) is 0. The number of allylic oxidation sites excluding steroid dienone is 1. The number of nitrogens with one attached hydrogen (secondary N) is 1. The van der Waals surface area contributed by atoms with Gasteiger partial charge in [0.05, 0.1) is 12.2 Å². The van der Waals surface area contributed by atoms with E-state index >= 15 is 0 Å². The lowest BCUT2D eigenvalue weighted by atomic mass is 9.96. The van der Waals surface area contributed by atoms with Gasteiger partial charge in [0.1, 0.15) is 6.04 Å². The quantitative estimate of drug-likeness (QED) is 0.871. The Bertz CT molecular complexity index is 591. The first kappa shape index (κ1) is 15.6. The normalized spacial score (nSPS) is 18.1. The van der Waals surface area contributed by atoms with E-state index in [1.54, 1.807) is 0 Å². The molecule has 0 aliphatic carbocycles. The lowest BCUT2D eigenvalue weighted by molar-refractivity contribution is -0.138. The molecular formula is C16H20N2O2S. The van der Waals surface area contributed by atoms with Crippen molar-refractivity contribution in [3.63, 3.8) is 0 Å². The minimum Gasteiger partial charge on any atom is -0.463 e. The molecule has 4 nitrogen and oxygen atoms in total. The topological polar surface area (TPSA) is 50.7 Å². The highest BCUT2D eigenvalue weighted by atomic mass is 32.2. The standard InChI is InChI=1S/C16H20N2O2S/c1-5-20-15(19)13-11(3)17-16(21-4)18-14(13)12-8-6-10(2)7-9-12/h6-9,14H,5H2,1-4H3,(H,17,18). The van der Waals surface area contributed by atoms with Crippen molar-refractivity contribution < 1.29 is 9.53 Å². The molecule has 0 saturated carbocycles. The maximum absolute atomic E-state index is 12.3. The van der Waals surface area contributed by atoms with Crippen molar-refractivity contribution in [3.8, 4) is 0 Å². The lowest BCUT2D eigenvalue weighted by Crippen LogP contribution is -2.30. The SMILES string of the molecule is CCOC(=O)C1=C(C)NC(SC)=NC1c1ccc(C)cc1. The van der Waals surface area contributed by atoms with Crippen LogP contribution in [0.4, 0.5) is 0 Å². The summed E-state index contributed by atoms with van der Waals surface area (Å²) in [6, 6.07) is 7.78. The fraction of sp³-hybridized carbons (Fsp3) is 0.375. The summed E-state index contributed by atoms with van der Waals surface area (Å²) in [4.78, 5) is 16.9. The van der Waals surface area contributed by atoms with Crippen LogP contribution < -0.4 is 5.32 Å². The number of ether oxygens (including phenoxy) is 1. The van der Waals surface area contributed by atoms with Crippen LogP contribution in [0.3, 0.4) is 0 Å². The maximum Gasteiger partial charge on any atom is 0.338 e. The largest absolute Gasteiger partial charge is 0.463 e. The molecule has 0 aromatic heterocycles. The minimum absolute atomic E-state index is 0.308. The van der Waals surface area contributed by atoms with Crippen molar-refractivity contribution in [2.24, 2.45) is 4.99 Å². The number of aliphatic imine (C=N–C) groups is 1. The molecule has 1 atom stereocenters. The lowest BCUT2D eigenvalue weighted by Gasteiger charge is -2.25. The maximum atomic E-state index is 12.3. The third-order valence-electron chi connectivity index (χ3n) is 3.30. The van der Waals surface area contributed by atoms with Crippen molar-refractivity contribution in [3.05, 3.63) is 46.7 Å². The zero-order valence-electron chi connectivity index (χ0n) is 12.8. The molecular weight excluding hydrogens is 284 g/mol. The fourth-order valence-electron chi connectivity index (χ4n) is 2.21.